The Morgan fingerprint density at radius 1 is 1.21 bits per heavy atom. The number of unbranched alkanes of at least 4 members (excludes halogenated alkanes) is 1. The lowest BCUT2D eigenvalue weighted by Gasteiger charge is -2.03. The summed E-state index contributed by atoms with van der Waals surface area (Å²) >= 11 is 0. The molecule has 0 aliphatic heterocycles. The van der Waals surface area contributed by atoms with Crippen molar-refractivity contribution in [2.24, 2.45) is 11.5 Å². The van der Waals surface area contributed by atoms with Crippen molar-refractivity contribution >= 4 is 5.97 Å². The first-order valence-electron chi connectivity index (χ1n) is 5.37. The molecule has 1 unspecified atom stereocenters. The summed E-state index contributed by atoms with van der Waals surface area (Å²) in [6, 6.07) is -0.716. The Morgan fingerprint density at radius 3 is 1.93 bits per heavy atom. The van der Waals surface area contributed by atoms with Gasteiger partial charge in [0.2, 0.25) is 0 Å². The topological polar surface area (TPSA) is 89.3 Å². The lowest BCUT2D eigenvalue weighted by molar-refractivity contribution is -0.138. The van der Waals surface area contributed by atoms with Gasteiger partial charge in [-0.2, -0.15) is 0 Å². The zero-order chi connectivity index (χ0) is 12.0. The Hall–Kier alpha value is -0.610. The van der Waals surface area contributed by atoms with Crippen LogP contribution in [0.2, 0.25) is 0 Å². The molecule has 1 atom stereocenters. The summed E-state index contributed by atoms with van der Waals surface area (Å²) in [5.74, 6) is -0.933. The van der Waals surface area contributed by atoms with Crippen LogP contribution in [0.5, 0.6) is 0 Å². The van der Waals surface area contributed by atoms with Gasteiger partial charge in [-0.3, -0.25) is 4.79 Å². The van der Waals surface area contributed by atoms with Crippen LogP contribution in [0.1, 0.15) is 47.0 Å². The molecule has 4 heteroatoms. The third kappa shape index (κ3) is 17.5. The first-order valence-corrected chi connectivity index (χ1v) is 5.37. The molecular formula is C10H26N2O2. The minimum atomic E-state index is -0.933. The predicted octanol–water partition coefficient (Wildman–Crippen LogP) is 1.58. The van der Waals surface area contributed by atoms with E-state index in [9.17, 15) is 4.79 Å². The van der Waals surface area contributed by atoms with Crippen LogP contribution in [0.15, 0.2) is 0 Å². The maximum absolute atomic E-state index is 10.1. The molecule has 0 amide bonds. The molecule has 0 radical (unpaired) electrons. The number of aliphatic carboxylic acids is 1. The Balaban J connectivity index is -0.000000266. The molecule has 88 valence electrons. The van der Waals surface area contributed by atoms with Gasteiger partial charge < -0.3 is 16.6 Å². The summed E-state index contributed by atoms with van der Waals surface area (Å²) in [4.78, 5) is 10.1. The first-order chi connectivity index (χ1) is 6.68. The van der Waals surface area contributed by atoms with Crippen molar-refractivity contribution in [3.63, 3.8) is 0 Å². The van der Waals surface area contributed by atoms with Crippen LogP contribution in [0.25, 0.3) is 0 Å². The lowest BCUT2D eigenvalue weighted by atomic mass is 10.1. The van der Waals surface area contributed by atoms with Crippen molar-refractivity contribution < 1.29 is 9.90 Å². The van der Waals surface area contributed by atoms with E-state index in [4.69, 9.17) is 16.6 Å². The van der Waals surface area contributed by atoms with Gasteiger partial charge in [0.15, 0.2) is 0 Å². The normalized spacial score (nSPS) is 10.1. The molecule has 0 spiro atoms. The highest BCUT2D eigenvalue weighted by Crippen LogP contribution is 1.96. The molecule has 0 fully saturated rings. The molecule has 0 aliphatic carbocycles. The molecule has 0 rings (SSSR count). The molecule has 14 heavy (non-hydrogen) atoms. The number of carboxylic acids is 1. The summed E-state index contributed by atoms with van der Waals surface area (Å²) in [6.45, 7) is 8.60. The second-order valence-corrected chi connectivity index (χ2v) is 2.23. The summed E-state index contributed by atoms with van der Waals surface area (Å²) in [5, 5.41) is 8.33. The zero-order valence-corrected chi connectivity index (χ0v) is 9.92. The van der Waals surface area contributed by atoms with Crippen molar-refractivity contribution in [3.05, 3.63) is 0 Å². The molecule has 0 aromatic carbocycles. The molecule has 0 aromatic rings. The van der Waals surface area contributed by atoms with Gasteiger partial charge in [0.1, 0.15) is 6.04 Å². The summed E-state index contributed by atoms with van der Waals surface area (Å²) in [6.07, 6.45) is 2.16. The molecule has 0 heterocycles. The second kappa shape index (κ2) is 18.2. The third-order valence-electron chi connectivity index (χ3n) is 1.29. The number of carbonyl (C=O) groups is 1. The fraction of sp³-hybridized carbons (Fsp3) is 0.900. The highest BCUT2D eigenvalue weighted by molar-refractivity contribution is 5.72. The van der Waals surface area contributed by atoms with Crippen molar-refractivity contribution in [2.45, 2.75) is 53.0 Å². The molecule has 0 bridgehead atoms. The van der Waals surface area contributed by atoms with Crippen molar-refractivity contribution in [1.82, 2.24) is 0 Å². The van der Waals surface area contributed by atoms with E-state index in [2.05, 4.69) is 0 Å². The van der Waals surface area contributed by atoms with E-state index < -0.39 is 12.0 Å². The minimum absolute atomic E-state index is 0.520. The summed E-state index contributed by atoms with van der Waals surface area (Å²) in [7, 11) is 0. The van der Waals surface area contributed by atoms with Gasteiger partial charge in [-0.1, -0.05) is 34.1 Å². The van der Waals surface area contributed by atoms with Crippen LogP contribution in [-0.2, 0) is 4.79 Å². The standard InChI is InChI=1S/C6H14N2O2.2C2H6/c7-4-2-1-3-5(8)6(9)10;2*1-2/h5H,1-4,7-8H2,(H,9,10);2*1-2H3. The van der Waals surface area contributed by atoms with Crippen molar-refractivity contribution in [2.75, 3.05) is 6.54 Å². The Kier molecular flexibility index (Phi) is 24.8. The van der Waals surface area contributed by atoms with Gasteiger partial charge in [-0.05, 0) is 19.4 Å². The van der Waals surface area contributed by atoms with Gasteiger partial charge in [0.25, 0.3) is 0 Å². The van der Waals surface area contributed by atoms with E-state index in [1.807, 2.05) is 27.7 Å². The van der Waals surface area contributed by atoms with Crippen LogP contribution >= 0.6 is 0 Å². The largest absolute Gasteiger partial charge is 0.480 e. The number of rotatable bonds is 5. The molecule has 0 saturated heterocycles. The zero-order valence-electron chi connectivity index (χ0n) is 9.92. The van der Waals surface area contributed by atoms with Crippen LogP contribution in [0, 0.1) is 0 Å². The smallest absolute Gasteiger partial charge is 0.320 e. The van der Waals surface area contributed by atoms with Crippen LogP contribution < -0.4 is 11.5 Å². The van der Waals surface area contributed by atoms with E-state index in [0.717, 1.165) is 12.8 Å². The monoisotopic (exact) mass is 206 g/mol. The van der Waals surface area contributed by atoms with Gasteiger partial charge >= 0.3 is 5.97 Å². The van der Waals surface area contributed by atoms with E-state index in [1.165, 1.54) is 0 Å². The maximum atomic E-state index is 10.1. The fourth-order valence-corrected chi connectivity index (χ4v) is 0.632. The van der Waals surface area contributed by atoms with E-state index in [1.54, 1.807) is 0 Å². The van der Waals surface area contributed by atoms with Gasteiger partial charge in [-0.15, -0.1) is 0 Å². The number of nitrogens with two attached hydrogens (primary N) is 2. The number of hydrogen-bond acceptors (Lipinski definition) is 3. The maximum Gasteiger partial charge on any atom is 0.320 e. The second-order valence-electron chi connectivity index (χ2n) is 2.23. The average molecular weight is 206 g/mol. The highest BCUT2D eigenvalue weighted by Gasteiger charge is 2.09. The molecule has 0 saturated carbocycles. The van der Waals surface area contributed by atoms with Crippen molar-refractivity contribution in [1.29, 1.82) is 0 Å². The molecule has 0 aliphatic rings. The summed E-state index contributed by atoms with van der Waals surface area (Å²) < 4.78 is 0. The highest BCUT2D eigenvalue weighted by atomic mass is 16.4. The number of carboxylic acid groups (broad SMARTS) is 1. The first kappa shape index (κ1) is 19.0. The van der Waals surface area contributed by atoms with Gasteiger partial charge in [-0.25, -0.2) is 0 Å². The summed E-state index contributed by atoms with van der Waals surface area (Å²) in [5.41, 5.74) is 10.4. The van der Waals surface area contributed by atoms with Crippen LogP contribution in [0.3, 0.4) is 0 Å². The Bertz CT molecular complexity index is 108. The molecule has 0 aromatic heterocycles. The SMILES string of the molecule is CC.CC.NCCCCC(N)C(=O)O. The molecule has 5 N–H and O–H groups in total. The average Bonchev–Trinajstić information content (AvgIpc) is 2.24. The Labute approximate surface area is 87.7 Å². The lowest BCUT2D eigenvalue weighted by Crippen LogP contribution is -2.29. The quantitative estimate of drug-likeness (QED) is 0.596. The molecule has 4 nitrogen and oxygen atoms in total. The van der Waals surface area contributed by atoms with Gasteiger partial charge in [0, 0.05) is 0 Å². The third-order valence-corrected chi connectivity index (χ3v) is 1.29. The van der Waals surface area contributed by atoms with E-state index in [-0.39, 0.29) is 0 Å². The fourth-order valence-electron chi connectivity index (χ4n) is 0.632. The number of hydrogen-bond donors (Lipinski definition) is 3. The van der Waals surface area contributed by atoms with Crippen LogP contribution in [-0.4, -0.2) is 23.7 Å². The van der Waals surface area contributed by atoms with Crippen molar-refractivity contribution in [3.8, 4) is 0 Å². The minimum Gasteiger partial charge on any atom is -0.480 e. The predicted molar refractivity (Wildman–Crippen MR) is 61.2 cm³/mol. The molecular weight excluding hydrogens is 180 g/mol. The Morgan fingerprint density at radius 2 is 1.64 bits per heavy atom. The van der Waals surface area contributed by atoms with Gasteiger partial charge in [0.05, 0.1) is 0 Å². The van der Waals surface area contributed by atoms with E-state index in [0.29, 0.717) is 13.0 Å². The van der Waals surface area contributed by atoms with E-state index >= 15 is 0 Å². The van der Waals surface area contributed by atoms with Crippen LogP contribution in [0.4, 0.5) is 0 Å².